The fraction of sp³-hybridized carbons (Fsp3) is 0.375. The van der Waals surface area contributed by atoms with Crippen molar-refractivity contribution in [3.8, 4) is 11.5 Å². The summed E-state index contributed by atoms with van der Waals surface area (Å²) in [4.78, 5) is 14.8. The molecule has 1 saturated heterocycles. The van der Waals surface area contributed by atoms with Crippen LogP contribution in [0.2, 0.25) is 0 Å². The molecule has 1 aliphatic rings. The zero-order valence-corrected chi connectivity index (χ0v) is 16.6. The number of allylic oxidation sites excluding steroid dienone is 1. The molecule has 1 fully saturated rings. The van der Waals surface area contributed by atoms with Gasteiger partial charge in [0.15, 0.2) is 5.78 Å². The number of likely N-dealkylation sites (tertiary alicyclic amines) is 1. The second-order valence-electron chi connectivity index (χ2n) is 6.97. The molecule has 148 valence electrons. The molecule has 0 spiro atoms. The van der Waals surface area contributed by atoms with Gasteiger partial charge in [0.2, 0.25) is 0 Å². The van der Waals surface area contributed by atoms with Crippen LogP contribution in [0.1, 0.15) is 42.1 Å². The van der Waals surface area contributed by atoms with E-state index in [0.717, 1.165) is 23.6 Å². The van der Waals surface area contributed by atoms with Crippen LogP contribution in [-0.2, 0) is 0 Å². The van der Waals surface area contributed by atoms with Crippen LogP contribution in [0, 0.1) is 0 Å². The zero-order chi connectivity index (χ0) is 19.6. The quantitative estimate of drug-likeness (QED) is 0.461. The SMILES string of the molecule is CCOc1ccc(/C=C/C(=O)c2ccc(OCCN3CCCCC3)cc2)cc1. The number of ether oxygens (including phenoxy) is 2. The standard InChI is InChI=1S/C24H29NO3/c1-2-27-22-11-6-20(7-12-22)8-15-24(26)21-9-13-23(14-10-21)28-19-18-25-16-4-3-5-17-25/h6-15H,2-5,16-19H2,1H3/b15-8+. The highest BCUT2D eigenvalue weighted by molar-refractivity contribution is 6.06. The number of piperidine rings is 1. The molecule has 1 heterocycles. The number of hydrogen-bond donors (Lipinski definition) is 0. The largest absolute Gasteiger partial charge is 0.494 e. The average Bonchev–Trinajstić information content (AvgIpc) is 2.74. The average molecular weight is 380 g/mol. The van der Waals surface area contributed by atoms with Gasteiger partial charge in [-0.2, -0.15) is 0 Å². The minimum atomic E-state index is -0.0197. The Morgan fingerprint density at radius 1 is 0.929 bits per heavy atom. The smallest absolute Gasteiger partial charge is 0.185 e. The Kier molecular flexibility index (Phi) is 7.68. The Labute approximate surface area is 167 Å². The Morgan fingerprint density at radius 3 is 2.25 bits per heavy atom. The molecule has 0 unspecified atom stereocenters. The molecular formula is C24H29NO3. The first-order valence-electron chi connectivity index (χ1n) is 10.1. The highest BCUT2D eigenvalue weighted by atomic mass is 16.5. The number of carbonyl (C=O) groups is 1. The fourth-order valence-corrected chi connectivity index (χ4v) is 3.30. The third-order valence-electron chi connectivity index (χ3n) is 4.88. The van der Waals surface area contributed by atoms with Gasteiger partial charge < -0.3 is 9.47 Å². The van der Waals surface area contributed by atoms with Crippen molar-refractivity contribution in [1.29, 1.82) is 0 Å². The maximum absolute atomic E-state index is 12.4. The normalized spacial score (nSPS) is 14.9. The number of rotatable bonds is 9. The molecule has 0 atom stereocenters. The lowest BCUT2D eigenvalue weighted by atomic mass is 10.1. The molecular weight excluding hydrogens is 350 g/mol. The van der Waals surface area contributed by atoms with E-state index in [1.807, 2.05) is 61.5 Å². The maximum Gasteiger partial charge on any atom is 0.185 e. The van der Waals surface area contributed by atoms with E-state index in [1.165, 1.54) is 32.4 Å². The van der Waals surface area contributed by atoms with Gasteiger partial charge in [0.05, 0.1) is 6.61 Å². The highest BCUT2D eigenvalue weighted by Crippen LogP contribution is 2.16. The van der Waals surface area contributed by atoms with Crippen LogP contribution in [-0.4, -0.2) is 43.5 Å². The summed E-state index contributed by atoms with van der Waals surface area (Å²) in [7, 11) is 0. The van der Waals surface area contributed by atoms with Crippen molar-refractivity contribution in [2.24, 2.45) is 0 Å². The summed E-state index contributed by atoms with van der Waals surface area (Å²) in [5.41, 5.74) is 1.63. The number of benzene rings is 2. The van der Waals surface area contributed by atoms with Gasteiger partial charge in [-0.05, 0) is 80.9 Å². The summed E-state index contributed by atoms with van der Waals surface area (Å²) in [6, 6.07) is 15.1. The predicted molar refractivity (Wildman–Crippen MR) is 113 cm³/mol. The molecule has 4 heteroatoms. The second-order valence-corrected chi connectivity index (χ2v) is 6.97. The van der Waals surface area contributed by atoms with Gasteiger partial charge >= 0.3 is 0 Å². The van der Waals surface area contributed by atoms with Crippen molar-refractivity contribution < 1.29 is 14.3 Å². The lowest BCUT2D eigenvalue weighted by Crippen LogP contribution is -2.33. The van der Waals surface area contributed by atoms with Crippen LogP contribution in [0.25, 0.3) is 6.08 Å². The predicted octanol–water partition coefficient (Wildman–Crippen LogP) is 4.85. The van der Waals surface area contributed by atoms with E-state index in [0.29, 0.717) is 18.8 Å². The summed E-state index contributed by atoms with van der Waals surface area (Å²) in [5.74, 6) is 1.62. The first-order valence-corrected chi connectivity index (χ1v) is 10.1. The summed E-state index contributed by atoms with van der Waals surface area (Å²) in [5, 5.41) is 0. The molecule has 4 nitrogen and oxygen atoms in total. The van der Waals surface area contributed by atoms with Crippen molar-refractivity contribution in [3.63, 3.8) is 0 Å². The van der Waals surface area contributed by atoms with E-state index < -0.39 is 0 Å². The van der Waals surface area contributed by atoms with Crippen molar-refractivity contribution in [2.45, 2.75) is 26.2 Å². The maximum atomic E-state index is 12.4. The van der Waals surface area contributed by atoms with E-state index in [9.17, 15) is 4.79 Å². The van der Waals surface area contributed by atoms with Gasteiger partial charge in [0, 0.05) is 12.1 Å². The van der Waals surface area contributed by atoms with E-state index in [2.05, 4.69) is 4.90 Å². The molecule has 0 saturated carbocycles. The Balaban J connectivity index is 1.47. The number of nitrogens with zero attached hydrogens (tertiary/aromatic N) is 1. The number of ketones is 1. The zero-order valence-electron chi connectivity index (χ0n) is 16.6. The molecule has 0 aliphatic carbocycles. The molecule has 0 amide bonds. The first-order chi connectivity index (χ1) is 13.7. The van der Waals surface area contributed by atoms with Gasteiger partial charge in [-0.3, -0.25) is 9.69 Å². The number of hydrogen-bond acceptors (Lipinski definition) is 4. The van der Waals surface area contributed by atoms with E-state index in [4.69, 9.17) is 9.47 Å². The molecule has 1 aliphatic heterocycles. The van der Waals surface area contributed by atoms with E-state index >= 15 is 0 Å². The molecule has 28 heavy (non-hydrogen) atoms. The summed E-state index contributed by atoms with van der Waals surface area (Å²) in [6.07, 6.45) is 7.35. The lowest BCUT2D eigenvalue weighted by molar-refractivity contribution is 0.104. The van der Waals surface area contributed by atoms with Gasteiger partial charge in [0.1, 0.15) is 18.1 Å². The van der Waals surface area contributed by atoms with Gasteiger partial charge in [0.25, 0.3) is 0 Å². The Bertz CT molecular complexity index is 759. The Morgan fingerprint density at radius 2 is 1.57 bits per heavy atom. The summed E-state index contributed by atoms with van der Waals surface area (Å²) >= 11 is 0. The highest BCUT2D eigenvalue weighted by Gasteiger charge is 2.09. The topological polar surface area (TPSA) is 38.8 Å². The van der Waals surface area contributed by atoms with Crippen LogP contribution in [0.4, 0.5) is 0 Å². The molecule has 0 aromatic heterocycles. The second kappa shape index (κ2) is 10.7. The van der Waals surface area contributed by atoms with Crippen LogP contribution in [0.15, 0.2) is 54.6 Å². The minimum Gasteiger partial charge on any atom is -0.494 e. The number of carbonyl (C=O) groups excluding carboxylic acids is 1. The van der Waals surface area contributed by atoms with Crippen molar-refractivity contribution >= 4 is 11.9 Å². The van der Waals surface area contributed by atoms with Crippen molar-refractivity contribution in [1.82, 2.24) is 4.90 Å². The molecule has 0 bridgehead atoms. The molecule has 2 aromatic carbocycles. The van der Waals surface area contributed by atoms with Crippen LogP contribution in [0.5, 0.6) is 11.5 Å². The third kappa shape index (κ3) is 6.24. The van der Waals surface area contributed by atoms with Gasteiger partial charge in [-0.25, -0.2) is 0 Å². The molecule has 0 N–H and O–H groups in total. The van der Waals surface area contributed by atoms with Gasteiger partial charge in [-0.1, -0.05) is 24.6 Å². The van der Waals surface area contributed by atoms with Crippen LogP contribution < -0.4 is 9.47 Å². The minimum absolute atomic E-state index is 0.0197. The summed E-state index contributed by atoms with van der Waals surface area (Å²) in [6.45, 7) is 6.61. The molecule has 2 aromatic rings. The monoisotopic (exact) mass is 379 g/mol. The van der Waals surface area contributed by atoms with Gasteiger partial charge in [-0.15, -0.1) is 0 Å². The van der Waals surface area contributed by atoms with E-state index in [-0.39, 0.29) is 5.78 Å². The van der Waals surface area contributed by atoms with Crippen LogP contribution >= 0.6 is 0 Å². The first kappa shape index (κ1) is 20.2. The Hall–Kier alpha value is -2.59. The van der Waals surface area contributed by atoms with Crippen molar-refractivity contribution in [2.75, 3.05) is 32.8 Å². The molecule has 0 radical (unpaired) electrons. The van der Waals surface area contributed by atoms with Crippen molar-refractivity contribution in [3.05, 3.63) is 65.7 Å². The molecule has 3 rings (SSSR count). The lowest BCUT2D eigenvalue weighted by Gasteiger charge is -2.26. The fourth-order valence-electron chi connectivity index (χ4n) is 3.30. The van der Waals surface area contributed by atoms with E-state index in [1.54, 1.807) is 6.08 Å². The van der Waals surface area contributed by atoms with Crippen LogP contribution in [0.3, 0.4) is 0 Å². The summed E-state index contributed by atoms with van der Waals surface area (Å²) < 4.78 is 11.2. The third-order valence-corrected chi connectivity index (χ3v) is 4.88.